The molecule has 0 radical (unpaired) electrons. The molecule has 3 heteroatoms. The summed E-state index contributed by atoms with van der Waals surface area (Å²) in [7, 11) is 0. The summed E-state index contributed by atoms with van der Waals surface area (Å²) < 4.78 is 13.6. The zero-order chi connectivity index (χ0) is 11.7. The van der Waals surface area contributed by atoms with Gasteiger partial charge in [-0.1, -0.05) is 42.5 Å². The Morgan fingerprint density at radius 1 is 0.882 bits per heavy atom. The maximum absolute atomic E-state index is 13.6. The van der Waals surface area contributed by atoms with Crippen molar-refractivity contribution in [2.45, 2.75) is 0 Å². The van der Waals surface area contributed by atoms with Crippen LogP contribution in [0.2, 0.25) is 0 Å². The van der Waals surface area contributed by atoms with Crippen molar-refractivity contribution in [3.05, 3.63) is 60.5 Å². The van der Waals surface area contributed by atoms with Gasteiger partial charge in [0, 0.05) is 17.1 Å². The zero-order valence-corrected chi connectivity index (χ0v) is 8.97. The van der Waals surface area contributed by atoms with Gasteiger partial charge in [-0.15, -0.1) is 0 Å². The normalized spacial score (nSPS) is 10.6. The first-order valence-corrected chi connectivity index (χ1v) is 5.31. The van der Waals surface area contributed by atoms with Crippen LogP contribution in [0.1, 0.15) is 0 Å². The standard InChI is InChI=1S/C14H9FN2/c15-12-8-4-7-11-9-16-14(17-13(11)12)10-5-2-1-3-6-10/h1-9H. The van der Waals surface area contributed by atoms with E-state index in [1.165, 1.54) is 6.07 Å². The van der Waals surface area contributed by atoms with Crippen LogP contribution in [0, 0.1) is 5.82 Å². The van der Waals surface area contributed by atoms with Crippen LogP contribution < -0.4 is 0 Å². The number of hydrogen-bond donors (Lipinski definition) is 0. The van der Waals surface area contributed by atoms with Gasteiger partial charge in [0.1, 0.15) is 11.3 Å². The van der Waals surface area contributed by atoms with Crippen LogP contribution >= 0.6 is 0 Å². The summed E-state index contributed by atoms with van der Waals surface area (Å²) in [5.74, 6) is 0.227. The van der Waals surface area contributed by atoms with Crippen LogP contribution in [0.15, 0.2) is 54.7 Å². The van der Waals surface area contributed by atoms with Crippen LogP contribution in [0.4, 0.5) is 4.39 Å². The van der Waals surface area contributed by atoms with Crippen molar-refractivity contribution >= 4 is 10.9 Å². The lowest BCUT2D eigenvalue weighted by Crippen LogP contribution is -1.91. The van der Waals surface area contributed by atoms with Crippen LogP contribution in [-0.4, -0.2) is 9.97 Å². The largest absolute Gasteiger partial charge is 0.236 e. The summed E-state index contributed by atoms with van der Waals surface area (Å²) in [4.78, 5) is 8.50. The first kappa shape index (κ1) is 9.90. The fourth-order valence-electron chi connectivity index (χ4n) is 1.75. The summed E-state index contributed by atoms with van der Waals surface area (Å²) in [5.41, 5.74) is 1.25. The number of para-hydroxylation sites is 1. The minimum atomic E-state index is -0.318. The molecule has 2 aromatic carbocycles. The van der Waals surface area contributed by atoms with Crippen molar-refractivity contribution in [2.75, 3.05) is 0 Å². The van der Waals surface area contributed by atoms with Crippen molar-refractivity contribution < 1.29 is 4.39 Å². The van der Waals surface area contributed by atoms with Crippen LogP contribution in [0.3, 0.4) is 0 Å². The number of benzene rings is 2. The number of rotatable bonds is 1. The average molecular weight is 224 g/mol. The second-order valence-electron chi connectivity index (χ2n) is 3.74. The Bertz CT molecular complexity index is 665. The van der Waals surface area contributed by atoms with Gasteiger partial charge in [0.2, 0.25) is 0 Å². The highest BCUT2D eigenvalue weighted by Crippen LogP contribution is 2.19. The molecule has 0 fully saturated rings. The highest BCUT2D eigenvalue weighted by atomic mass is 19.1. The van der Waals surface area contributed by atoms with Gasteiger partial charge >= 0.3 is 0 Å². The molecule has 2 nitrogen and oxygen atoms in total. The summed E-state index contributed by atoms with van der Waals surface area (Å²) in [6.07, 6.45) is 1.65. The molecule has 0 saturated carbocycles. The molecule has 82 valence electrons. The van der Waals surface area contributed by atoms with Crippen LogP contribution in [-0.2, 0) is 0 Å². The van der Waals surface area contributed by atoms with E-state index < -0.39 is 0 Å². The fourth-order valence-corrected chi connectivity index (χ4v) is 1.75. The quantitative estimate of drug-likeness (QED) is 0.632. The SMILES string of the molecule is Fc1cccc2cnc(-c3ccccc3)nc12. The predicted molar refractivity (Wildman–Crippen MR) is 64.9 cm³/mol. The number of fused-ring (bicyclic) bond motifs is 1. The molecule has 0 amide bonds. The third kappa shape index (κ3) is 1.76. The van der Waals surface area contributed by atoms with E-state index in [0.29, 0.717) is 16.7 Å². The van der Waals surface area contributed by atoms with Gasteiger partial charge in [-0.3, -0.25) is 0 Å². The Morgan fingerprint density at radius 3 is 2.53 bits per heavy atom. The lowest BCUT2D eigenvalue weighted by Gasteiger charge is -2.02. The number of hydrogen-bond acceptors (Lipinski definition) is 2. The lowest BCUT2D eigenvalue weighted by molar-refractivity contribution is 0.636. The first-order chi connectivity index (χ1) is 8.34. The molecule has 1 heterocycles. The van der Waals surface area contributed by atoms with Crippen molar-refractivity contribution in [3.8, 4) is 11.4 Å². The molecule has 3 aromatic rings. The van der Waals surface area contributed by atoms with Crippen molar-refractivity contribution in [1.82, 2.24) is 9.97 Å². The molecular formula is C14H9FN2. The minimum absolute atomic E-state index is 0.318. The topological polar surface area (TPSA) is 25.8 Å². The van der Waals surface area contributed by atoms with E-state index in [1.54, 1.807) is 18.3 Å². The number of nitrogens with zero attached hydrogens (tertiary/aromatic N) is 2. The molecule has 0 spiro atoms. The summed E-state index contributed by atoms with van der Waals surface area (Å²) in [6, 6.07) is 14.4. The summed E-state index contributed by atoms with van der Waals surface area (Å²) >= 11 is 0. The van der Waals surface area contributed by atoms with Crippen LogP contribution in [0.25, 0.3) is 22.3 Å². The molecule has 3 rings (SSSR count). The molecule has 0 aliphatic carbocycles. The van der Waals surface area contributed by atoms with Crippen LogP contribution in [0.5, 0.6) is 0 Å². The average Bonchev–Trinajstić information content (AvgIpc) is 2.40. The van der Waals surface area contributed by atoms with E-state index in [4.69, 9.17) is 0 Å². The monoisotopic (exact) mass is 224 g/mol. The highest BCUT2D eigenvalue weighted by molar-refractivity contribution is 5.80. The summed E-state index contributed by atoms with van der Waals surface area (Å²) in [6.45, 7) is 0. The number of aromatic nitrogens is 2. The maximum atomic E-state index is 13.6. The molecule has 0 bridgehead atoms. The summed E-state index contributed by atoms with van der Waals surface area (Å²) in [5, 5.41) is 0.713. The molecule has 1 aromatic heterocycles. The van der Waals surface area contributed by atoms with Crippen molar-refractivity contribution in [1.29, 1.82) is 0 Å². The van der Waals surface area contributed by atoms with E-state index >= 15 is 0 Å². The molecule has 0 aliphatic rings. The predicted octanol–water partition coefficient (Wildman–Crippen LogP) is 3.44. The van der Waals surface area contributed by atoms with Gasteiger partial charge in [-0.25, -0.2) is 14.4 Å². The first-order valence-electron chi connectivity index (χ1n) is 5.31. The van der Waals surface area contributed by atoms with E-state index in [2.05, 4.69) is 9.97 Å². The Morgan fingerprint density at radius 2 is 1.71 bits per heavy atom. The number of halogens is 1. The lowest BCUT2D eigenvalue weighted by atomic mass is 10.2. The van der Waals surface area contributed by atoms with Gasteiger partial charge in [0.25, 0.3) is 0 Å². The van der Waals surface area contributed by atoms with E-state index in [0.717, 1.165) is 5.56 Å². The fraction of sp³-hybridized carbons (Fsp3) is 0. The Hall–Kier alpha value is -2.29. The van der Waals surface area contributed by atoms with E-state index in [1.807, 2.05) is 30.3 Å². The van der Waals surface area contributed by atoms with Crippen molar-refractivity contribution in [3.63, 3.8) is 0 Å². The Kier molecular flexibility index (Phi) is 2.29. The smallest absolute Gasteiger partial charge is 0.159 e. The van der Waals surface area contributed by atoms with Gasteiger partial charge < -0.3 is 0 Å². The Balaban J connectivity index is 2.23. The van der Waals surface area contributed by atoms with Gasteiger partial charge in [-0.05, 0) is 6.07 Å². The molecule has 0 atom stereocenters. The third-order valence-corrected chi connectivity index (χ3v) is 2.59. The molecule has 0 unspecified atom stereocenters. The minimum Gasteiger partial charge on any atom is -0.236 e. The molecular weight excluding hydrogens is 215 g/mol. The van der Waals surface area contributed by atoms with Gasteiger partial charge in [0.15, 0.2) is 5.82 Å². The van der Waals surface area contributed by atoms with E-state index in [9.17, 15) is 4.39 Å². The second-order valence-corrected chi connectivity index (χ2v) is 3.74. The molecule has 0 saturated heterocycles. The maximum Gasteiger partial charge on any atom is 0.159 e. The van der Waals surface area contributed by atoms with Crippen molar-refractivity contribution in [2.24, 2.45) is 0 Å². The highest BCUT2D eigenvalue weighted by Gasteiger charge is 2.05. The zero-order valence-electron chi connectivity index (χ0n) is 8.97. The molecule has 0 N–H and O–H groups in total. The molecule has 0 aliphatic heterocycles. The second kappa shape index (κ2) is 3.94. The third-order valence-electron chi connectivity index (χ3n) is 2.59. The Labute approximate surface area is 97.8 Å². The van der Waals surface area contributed by atoms with E-state index in [-0.39, 0.29) is 5.82 Å². The van der Waals surface area contributed by atoms with Gasteiger partial charge in [0.05, 0.1) is 0 Å². The van der Waals surface area contributed by atoms with Gasteiger partial charge in [-0.2, -0.15) is 0 Å². The molecule has 17 heavy (non-hydrogen) atoms.